The van der Waals surface area contributed by atoms with Crippen LogP contribution in [0.2, 0.25) is 0 Å². The van der Waals surface area contributed by atoms with Crippen LogP contribution < -0.4 is 0 Å². The second kappa shape index (κ2) is 4.78. The third-order valence-corrected chi connectivity index (χ3v) is 2.38. The molecule has 0 saturated carbocycles. The summed E-state index contributed by atoms with van der Waals surface area (Å²) in [7, 11) is 0. The van der Waals surface area contributed by atoms with E-state index in [9.17, 15) is 4.79 Å². The summed E-state index contributed by atoms with van der Waals surface area (Å²) in [6.07, 6.45) is 5.74. The molecule has 0 bridgehead atoms. The molecule has 0 unspecified atom stereocenters. The minimum atomic E-state index is -0.966. The topological polar surface area (TPSA) is 68.0 Å². The lowest BCUT2D eigenvalue weighted by Crippen LogP contribution is -1.97. The standard InChI is InChI=1S/C12H13N3O2/c1-2-6-15-8-10(12(16)17)11(14-15)9-4-3-5-13-7-9/h3-5,7-8H,2,6H2,1H3,(H,16,17). The summed E-state index contributed by atoms with van der Waals surface area (Å²) in [5.74, 6) is -0.966. The Kier molecular flexibility index (Phi) is 3.18. The summed E-state index contributed by atoms with van der Waals surface area (Å²) < 4.78 is 1.66. The lowest BCUT2D eigenvalue weighted by Gasteiger charge is -1.97. The van der Waals surface area contributed by atoms with Gasteiger partial charge in [0.15, 0.2) is 0 Å². The van der Waals surface area contributed by atoms with Gasteiger partial charge in [-0.3, -0.25) is 9.67 Å². The van der Waals surface area contributed by atoms with E-state index in [4.69, 9.17) is 5.11 Å². The molecule has 0 aromatic carbocycles. The Morgan fingerprint density at radius 2 is 2.35 bits per heavy atom. The summed E-state index contributed by atoms with van der Waals surface area (Å²) in [6.45, 7) is 2.73. The highest BCUT2D eigenvalue weighted by Crippen LogP contribution is 2.21. The Labute approximate surface area is 98.7 Å². The largest absolute Gasteiger partial charge is 0.478 e. The first-order valence-corrected chi connectivity index (χ1v) is 5.43. The first kappa shape index (κ1) is 11.3. The zero-order chi connectivity index (χ0) is 12.3. The average molecular weight is 231 g/mol. The van der Waals surface area contributed by atoms with Gasteiger partial charge < -0.3 is 5.11 Å². The highest BCUT2D eigenvalue weighted by atomic mass is 16.4. The summed E-state index contributed by atoms with van der Waals surface area (Å²) >= 11 is 0. The van der Waals surface area contributed by atoms with Crippen LogP contribution in [-0.2, 0) is 6.54 Å². The number of nitrogens with zero attached hydrogens (tertiary/aromatic N) is 3. The minimum absolute atomic E-state index is 0.214. The second-order valence-corrected chi connectivity index (χ2v) is 3.70. The van der Waals surface area contributed by atoms with Crippen LogP contribution in [0.15, 0.2) is 30.7 Å². The number of carbonyl (C=O) groups is 1. The van der Waals surface area contributed by atoms with E-state index >= 15 is 0 Å². The zero-order valence-corrected chi connectivity index (χ0v) is 9.50. The third-order valence-electron chi connectivity index (χ3n) is 2.38. The van der Waals surface area contributed by atoms with Crippen molar-refractivity contribution in [3.8, 4) is 11.3 Å². The van der Waals surface area contributed by atoms with Crippen molar-refractivity contribution < 1.29 is 9.90 Å². The smallest absolute Gasteiger partial charge is 0.339 e. The SMILES string of the molecule is CCCn1cc(C(=O)O)c(-c2cccnc2)n1. The maximum atomic E-state index is 11.1. The van der Waals surface area contributed by atoms with Crippen molar-refractivity contribution in [1.29, 1.82) is 0 Å². The predicted octanol–water partition coefficient (Wildman–Crippen LogP) is 2.05. The first-order valence-electron chi connectivity index (χ1n) is 5.43. The highest BCUT2D eigenvalue weighted by molar-refractivity contribution is 5.94. The van der Waals surface area contributed by atoms with Crippen LogP contribution in [0, 0.1) is 0 Å². The number of aryl methyl sites for hydroxylation is 1. The summed E-state index contributed by atoms with van der Waals surface area (Å²) in [4.78, 5) is 15.1. The molecule has 0 spiro atoms. The van der Waals surface area contributed by atoms with Crippen molar-refractivity contribution in [2.75, 3.05) is 0 Å². The quantitative estimate of drug-likeness (QED) is 0.874. The second-order valence-electron chi connectivity index (χ2n) is 3.70. The van der Waals surface area contributed by atoms with Crippen molar-refractivity contribution in [1.82, 2.24) is 14.8 Å². The van der Waals surface area contributed by atoms with Gasteiger partial charge in [0.25, 0.3) is 0 Å². The van der Waals surface area contributed by atoms with Crippen molar-refractivity contribution >= 4 is 5.97 Å². The number of carboxylic acids is 1. The van der Waals surface area contributed by atoms with E-state index in [0.29, 0.717) is 12.2 Å². The maximum absolute atomic E-state index is 11.1. The normalized spacial score (nSPS) is 10.4. The van der Waals surface area contributed by atoms with Crippen LogP contribution in [-0.4, -0.2) is 25.8 Å². The fourth-order valence-electron chi connectivity index (χ4n) is 1.64. The Hall–Kier alpha value is -2.17. The van der Waals surface area contributed by atoms with Crippen LogP contribution >= 0.6 is 0 Å². The van der Waals surface area contributed by atoms with Crippen molar-refractivity contribution in [2.45, 2.75) is 19.9 Å². The van der Waals surface area contributed by atoms with E-state index in [1.165, 1.54) is 0 Å². The molecular formula is C12H13N3O2. The molecule has 2 heterocycles. The van der Waals surface area contributed by atoms with Crippen LogP contribution in [0.4, 0.5) is 0 Å². The van der Waals surface area contributed by atoms with Crippen LogP contribution in [0.5, 0.6) is 0 Å². The van der Waals surface area contributed by atoms with Gasteiger partial charge in [-0.1, -0.05) is 6.92 Å². The maximum Gasteiger partial charge on any atom is 0.339 e. The monoisotopic (exact) mass is 231 g/mol. The van der Waals surface area contributed by atoms with E-state index in [2.05, 4.69) is 10.1 Å². The molecule has 0 aliphatic carbocycles. The molecule has 0 aliphatic rings. The molecule has 17 heavy (non-hydrogen) atoms. The molecule has 88 valence electrons. The summed E-state index contributed by atoms with van der Waals surface area (Å²) in [5, 5.41) is 13.4. The van der Waals surface area contributed by atoms with E-state index in [-0.39, 0.29) is 5.56 Å². The van der Waals surface area contributed by atoms with Crippen LogP contribution in [0.1, 0.15) is 23.7 Å². The van der Waals surface area contributed by atoms with Crippen LogP contribution in [0.25, 0.3) is 11.3 Å². The Balaban J connectivity index is 2.48. The number of hydrogen-bond acceptors (Lipinski definition) is 3. The number of aromatic nitrogens is 3. The van der Waals surface area contributed by atoms with E-state index in [1.807, 2.05) is 6.92 Å². The Bertz CT molecular complexity index is 520. The van der Waals surface area contributed by atoms with Gasteiger partial charge in [0.1, 0.15) is 11.3 Å². The molecule has 0 saturated heterocycles. The van der Waals surface area contributed by atoms with Gasteiger partial charge in [-0.2, -0.15) is 5.10 Å². The summed E-state index contributed by atoms with van der Waals surface area (Å²) in [6, 6.07) is 3.57. The molecular weight excluding hydrogens is 218 g/mol. The van der Waals surface area contributed by atoms with Crippen molar-refractivity contribution in [2.24, 2.45) is 0 Å². The fourth-order valence-corrected chi connectivity index (χ4v) is 1.64. The van der Waals surface area contributed by atoms with Gasteiger partial charge in [0.2, 0.25) is 0 Å². The highest BCUT2D eigenvalue weighted by Gasteiger charge is 2.16. The third kappa shape index (κ3) is 2.33. The zero-order valence-electron chi connectivity index (χ0n) is 9.50. The lowest BCUT2D eigenvalue weighted by molar-refractivity contribution is 0.0697. The number of rotatable bonds is 4. The average Bonchev–Trinajstić information content (AvgIpc) is 2.75. The molecule has 1 N–H and O–H groups in total. The molecule has 0 fully saturated rings. The number of hydrogen-bond donors (Lipinski definition) is 1. The van der Waals surface area contributed by atoms with Crippen LogP contribution in [0.3, 0.4) is 0 Å². The molecule has 2 aromatic heterocycles. The fraction of sp³-hybridized carbons (Fsp3) is 0.250. The van der Waals surface area contributed by atoms with Crippen molar-refractivity contribution in [3.05, 3.63) is 36.3 Å². The van der Waals surface area contributed by atoms with Gasteiger partial charge in [-0.25, -0.2) is 4.79 Å². The molecule has 2 rings (SSSR count). The first-order chi connectivity index (χ1) is 8.22. The van der Waals surface area contributed by atoms with Gasteiger partial charge in [-0.15, -0.1) is 0 Å². The van der Waals surface area contributed by atoms with Gasteiger partial charge >= 0.3 is 5.97 Å². The predicted molar refractivity (Wildman–Crippen MR) is 62.7 cm³/mol. The molecule has 0 atom stereocenters. The summed E-state index contributed by atoms with van der Waals surface area (Å²) in [5.41, 5.74) is 1.41. The molecule has 0 amide bonds. The Morgan fingerprint density at radius 1 is 1.53 bits per heavy atom. The lowest BCUT2D eigenvalue weighted by atomic mass is 10.1. The number of aromatic carboxylic acids is 1. The molecule has 5 nitrogen and oxygen atoms in total. The molecule has 5 heteroatoms. The van der Waals surface area contributed by atoms with Gasteiger partial charge in [0.05, 0.1) is 0 Å². The molecule has 0 radical (unpaired) electrons. The number of carboxylic acid groups (broad SMARTS) is 1. The van der Waals surface area contributed by atoms with Gasteiger partial charge in [0, 0.05) is 30.7 Å². The van der Waals surface area contributed by atoms with Crippen molar-refractivity contribution in [3.63, 3.8) is 0 Å². The number of pyridine rings is 1. The van der Waals surface area contributed by atoms with E-state index in [0.717, 1.165) is 12.0 Å². The molecule has 0 aliphatic heterocycles. The van der Waals surface area contributed by atoms with Gasteiger partial charge in [-0.05, 0) is 18.6 Å². The van der Waals surface area contributed by atoms with E-state index in [1.54, 1.807) is 35.4 Å². The molecule has 2 aromatic rings. The van der Waals surface area contributed by atoms with E-state index < -0.39 is 5.97 Å². The minimum Gasteiger partial charge on any atom is -0.478 e. The Morgan fingerprint density at radius 3 is 2.94 bits per heavy atom.